The van der Waals surface area contributed by atoms with Gasteiger partial charge in [-0.1, -0.05) is 12.1 Å². The van der Waals surface area contributed by atoms with Gasteiger partial charge in [0.2, 0.25) is 0 Å². The lowest BCUT2D eigenvalue weighted by Crippen LogP contribution is -2.38. The van der Waals surface area contributed by atoms with Crippen molar-refractivity contribution in [3.05, 3.63) is 35.6 Å². The Bertz CT molecular complexity index is 424. The lowest BCUT2D eigenvalue weighted by Gasteiger charge is -2.11. The van der Waals surface area contributed by atoms with Crippen molar-refractivity contribution < 1.29 is 13.9 Å². The summed E-state index contributed by atoms with van der Waals surface area (Å²) in [5.41, 5.74) is 1.09. The topological polar surface area (TPSA) is 54.9 Å². The fraction of sp³-hybridized carbons (Fsp3) is 0.562. The normalized spacial score (nSPS) is 11.5. The number of rotatable bonds is 10. The van der Waals surface area contributed by atoms with Gasteiger partial charge in [0.1, 0.15) is 5.82 Å². The smallest absolute Gasteiger partial charge is 0.191 e. The molecule has 22 heavy (non-hydrogen) atoms. The molecule has 0 saturated heterocycles. The second-order valence-electron chi connectivity index (χ2n) is 4.67. The second-order valence-corrected chi connectivity index (χ2v) is 4.67. The number of hydrogen-bond donors (Lipinski definition) is 2. The van der Waals surface area contributed by atoms with Crippen LogP contribution in [0, 0.1) is 5.82 Å². The molecule has 0 fully saturated rings. The molecule has 0 aliphatic heterocycles. The molecular weight excluding hydrogens is 285 g/mol. The Morgan fingerprint density at radius 2 is 1.91 bits per heavy atom. The number of guanidine groups is 1. The number of nitrogens with one attached hydrogen (secondary N) is 2. The highest BCUT2D eigenvalue weighted by atomic mass is 19.1. The molecule has 0 atom stereocenters. The molecule has 0 bridgehead atoms. The number of aliphatic imine (C=N–C) groups is 1. The summed E-state index contributed by atoms with van der Waals surface area (Å²) in [5.74, 6) is 0.556. The van der Waals surface area contributed by atoms with Gasteiger partial charge in [-0.2, -0.15) is 0 Å². The highest BCUT2D eigenvalue weighted by Gasteiger charge is 1.98. The number of methoxy groups -OCH3 is 1. The van der Waals surface area contributed by atoms with Gasteiger partial charge in [-0.25, -0.2) is 4.39 Å². The van der Waals surface area contributed by atoms with Crippen LogP contribution in [0.5, 0.6) is 0 Å². The zero-order valence-corrected chi connectivity index (χ0v) is 13.4. The van der Waals surface area contributed by atoms with E-state index in [1.165, 1.54) is 12.1 Å². The molecule has 1 aromatic rings. The van der Waals surface area contributed by atoms with E-state index in [0.717, 1.165) is 31.0 Å². The Hall–Kier alpha value is -1.66. The van der Waals surface area contributed by atoms with Gasteiger partial charge < -0.3 is 20.1 Å². The summed E-state index contributed by atoms with van der Waals surface area (Å²) in [7, 11) is 1.65. The molecule has 0 aromatic heterocycles. The third-order valence-corrected chi connectivity index (χ3v) is 2.90. The van der Waals surface area contributed by atoms with Gasteiger partial charge in [-0.05, 0) is 31.0 Å². The minimum atomic E-state index is -0.208. The molecule has 0 heterocycles. The minimum Gasteiger partial charge on any atom is -0.382 e. The van der Waals surface area contributed by atoms with Crippen LogP contribution >= 0.6 is 0 Å². The van der Waals surface area contributed by atoms with Crippen molar-refractivity contribution in [2.75, 3.05) is 46.6 Å². The summed E-state index contributed by atoms with van der Waals surface area (Å²) in [6.45, 7) is 5.90. The molecule has 1 rings (SSSR count). The lowest BCUT2D eigenvalue weighted by molar-refractivity contribution is 0.0748. The zero-order valence-electron chi connectivity index (χ0n) is 13.4. The standard InChI is InChI=1S/C16H26FN3O2/c1-3-18-16(20-10-11-22-13-12-21-2)19-9-8-14-4-6-15(17)7-5-14/h4-7H,3,8-13H2,1-2H3,(H2,18,19,20). The molecule has 0 unspecified atom stereocenters. The highest BCUT2D eigenvalue weighted by molar-refractivity contribution is 5.79. The van der Waals surface area contributed by atoms with E-state index in [1.807, 2.05) is 6.92 Å². The summed E-state index contributed by atoms with van der Waals surface area (Å²) >= 11 is 0. The third kappa shape index (κ3) is 8.59. The molecule has 0 amide bonds. The van der Waals surface area contributed by atoms with Crippen molar-refractivity contribution in [3.8, 4) is 0 Å². The van der Waals surface area contributed by atoms with Crippen LogP contribution in [0.3, 0.4) is 0 Å². The van der Waals surface area contributed by atoms with Crippen LogP contribution in [-0.4, -0.2) is 52.5 Å². The summed E-state index contributed by atoms with van der Waals surface area (Å²) < 4.78 is 23.1. The molecule has 0 aliphatic rings. The van der Waals surface area contributed by atoms with Gasteiger partial charge in [0.25, 0.3) is 0 Å². The highest BCUT2D eigenvalue weighted by Crippen LogP contribution is 2.02. The van der Waals surface area contributed by atoms with E-state index in [0.29, 0.717) is 26.4 Å². The van der Waals surface area contributed by atoms with Gasteiger partial charge in [-0.3, -0.25) is 4.99 Å². The lowest BCUT2D eigenvalue weighted by atomic mass is 10.1. The number of benzene rings is 1. The van der Waals surface area contributed by atoms with E-state index in [1.54, 1.807) is 19.2 Å². The molecule has 0 aliphatic carbocycles. The first kappa shape index (κ1) is 18.4. The van der Waals surface area contributed by atoms with Gasteiger partial charge >= 0.3 is 0 Å². The summed E-state index contributed by atoms with van der Waals surface area (Å²) in [5, 5.41) is 6.43. The van der Waals surface area contributed by atoms with Gasteiger partial charge in [-0.15, -0.1) is 0 Å². The van der Waals surface area contributed by atoms with Gasteiger partial charge in [0.15, 0.2) is 5.96 Å². The first-order valence-electron chi connectivity index (χ1n) is 7.59. The maximum absolute atomic E-state index is 12.8. The summed E-state index contributed by atoms with van der Waals surface area (Å²) in [4.78, 5) is 4.43. The van der Waals surface area contributed by atoms with Crippen LogP contribution in [0.15, 0.2) is 29.3 Å². The molecule has 0 spiro atoms. The molecule has 124 valence electrons. The Morgan fingerprint density at radius 3 is 2.59 bits per heavy atom. The van der Waals surface area contributed by atoms with Crippen LogP contribution in [0.4, 0.5) is 4.39 Å². The van der Waals surface area contributed by atoms with Crippen LogP contribution in [0.25, 0.3) is 0 Å². The van der Waals surface area contributed by atoms with Crippen LogP contribution in [-0.2, 0) is 15.9 Å². The molecule has 1 aromatic carbocycles. The van der Waals surface area contributed by atoms with Crippen LogP contribution in [0.1, 0.15) is 12.5 Å². The fourth-order valence-corrected chi connectivity index (χ4v) is 1.78. The maximum atomic E-state index is 12.8. The predicted octanol–water partition coefficient (Wildman–Crippen LogP) is 1.59. The predicted molar refractivity (Wildman–Crippen MR) is 86.8 cm³/mol. The Balaban J connectivity index is 2.25. The van der Waals surface area contributed by atoms with Crippen LogP contribution in [0.2, 0.25) is 0 Å². The number of nitrogens with zero attached hydrogens (tertiary/aromatic N) is 1. The van der Waals surface area contributed by atoms with Crippen molar-refractivity contribution in [2.45, 2.75) is 13.3 Å². The number of hydrogen-bond acceptors (Lipinski definition) is 3. The van der Waals surface area contributed by atoms with E-state index in [2.05, 4.69) is 15.6 Å². The van der Waals surface area contributed by atoms with E-state index < -0.39 is 0 Å². The maximum Gasteiger partial charge on any atom is 0.191 e. The number of halogens is 1. The molecule has 2 N–H and O–H groups in total. The Morgan fingerprint density at radius 1 is 1.14 bits per heavy atom. The Kier molecular flexibility index (Phi) is 9.98. The van der Waals surface area contributed by atoms with E-state index >= 15 is 0 Å². The third-order valence-electron chi connectivity index (χ3n) is 2.90. The van der Waals surface area contributed by atoms with Gasteiger partial charge in [0, 0.05) is 20.2 Å². The van der Waals surface area contributed by atoms with Crippen molar-refractivity contribution in [3.63, 3.8) is 0 Å². The molecule has 0 saturated carbocycles. The number of ether oxygens (including phenoxy) is 2. The van der Waals surface area contributed by atoms with Crippen molar-refractivity contribution in [1.29, 1.82) is 0 Å². The van der Waals surface area contributed by atoms with Crippen molar-refractivity contribution in [1.82, 2.24) is 10.6 Å². The quantitative estimate of drug-likeness (QED) is 0.391. The minimum absolute atomic E-state index is 0.208. The van der Waals surface area contributed by atoms with Crippen LogP contribution < -0.4 is 10.6 Å². The monoisotopic (exact) mass is 311 g/mol. The van der Waals surface area contributed by atoms with Crippen molar-refractivity contribution in [2.24, 2.45) is 4.99 Å². The molecule has 5 nitrogen and oxygen atoms in total. The van der Waals surface area contributed by atoms with E-state index in [-0.39, 0.29) is 5.82 Å². The SMILES string of the molecule is CCNC(=NCCOCCOC)NCCc1ccc(F)cc1. The van der Waals surface area contributed by atoms with E-state index in [9.17, 15) is 4.39 Å². The van der Waals surface area contributed by atoms with Gasteiger partial charge in [0.05, 0.1) is 26.4 Å². The first-order chi connectivity index (χ1) is 10.8. The largest absolute Gasteiger partial charge is 0.382 e. The second kappa shape index (κ2) is 11.9. The summed E-state index contributed by atoms with van der Waals surface area (Å²) in [6.07, 6.45) is 0.815. The van der Waals surface area contributed by atoms with Crippen molar-refractivity contribution >= 4 is 5.96 Å². The molecule has 0 radical (unpaired) electrons. The molecule has 6 heteroatoms. The summed E-state index contributed by atoms with van der Waals surface area (Å²) in [6, 6.07) is 6.55. The first-order valence-corrected chi connectivity index (χ1v) is 7.59. The van der Waals surface area contributed by atoms with E-state index in [4.69, 9.17) is 9.47 Å². The Labute approximate surface area is 131 Å². The molecular formula is C16H26FN3O2. The fourth-order valence-electron chi connectivity index (χ4n) is 1.78. The average Bonchev–Trinajstić information content (AvgIpc) is 2.52. The zero-order chi connectivity index (χ0) is 16.0. The average molecular weight is 311 g/mol.